The van der Waals surface area contributed by atoms with Gasteiger partial charge in [0.2, 0.25) is 0 Å². The van der Waals surface area contributed by atoms with Crippen LogP contribution in [0.2, 0.25) is 5.02 Å². The monoisotopic (exact) mass is 349 g/mol. The van der Waals surface area contributed by atoms with E-state index in [1.807, 2.05) is 18.2 Å². The highest BCUT2D eigenvalue weighted by Gasteiger charge is 2.28. The zero-order valence-electron chi connectivity index (χ0n) is 12.8. The molecule has 1 saturated heterocycles. The van der Waals surface area contributed by atoms with Crippen LogP contribution in [-0.4, -0.2) is 47.7 Å². The molecule has 0 bridgehead atoms. The Labute approximate surface area is 143 Å². The summed E-state index contributed by atoms with van der Waals surface area (Å²) < 4.78 is 11.0. The average molecular weight is 350 g/mol. The molecular formula is C17H16ClNO5. The molecular weight excluding hydrogens is 334 g/mol. The van der Waals surface area contributed by atoms with Gasteiger partial charge in [-0.3, -0.25) is 9.59 Å². The normalized spacial score (nSPS) is 17.7. The van der Waals surface area contributed by atoms with Gasteiger partial charge in [-0.05, 0) is 24.3 Å². The highest BCUT2D eigenvalue weighted by Crippen LogP contribution is 2.29. The van der Waals surface area contributed by atoms with Gasteiger partial charge in [-0.25, -0.2) is 0 Å². The van der Waals surface area contributed by atoms with Crippen LogP contribution in [0.25, 0.3) is 11.3 Å². The summed E-state index contributed by atoms with van der Waals surface area (Å²) in [4.78, 5) is 24.9. The zero-order valence-corrected chi connectivity index (χ0v) is 13.5. The molecule has 1 amide bonds. The van der Waals surface area contributed by atoms with Gasteiger partial charge in [0.15, 0.2) is 5.76 Å². The minimum atomic E-state index is -0.951. The van der Waals surface area contributed by atoms with Crippen molar-refractivity contribution < 1.29 is 23.8 Å². The molecule has 1 unspecified atom stereocenters. The third-order valence-corrected chi connectivity index (χ3v) is 4.11. The van der Waals surface area contributed by atoms with Crippen LogP contribution >= 0.6 is 11.6 Å². The maximum absolute atomic E-state index is 12.6. The van der Waals surface area contributed by atoms with Crippen LogP contribution in [0.1, 0.15) is 17.0 Å². The number of benzene rings is 1. The van der Waals surface area contributed by atoms with Gasteiger partial charge in [-0.15, -0.1) is 0 Å². The third-order valence-electron chi connectivity index (χ3n) is 3.78. The minimum Gasteiger partial charge on any atom is -0.481 e. The lowest BCUT2D eigenvalue weighted by molar-refractivity contribution is -0.141. The molecule has 24 heavy (non-hydrogen) atoms. The van der Waals surface area contributed by atoms with E-state index in [9.17, 15) is 9.59 Å². The minimum absolute atomic E-state index is 0.132. The number of carboxylic acid groups (broad SMARTS) is 1. The Morgan fingerprint density at radius 3 is 2.79 bits per heavy atom. The Kier molecular flexibility index (Phi) is 4.87. The molecule has 0 aliphatic carbocycles. The second-order valence-corrected chi connectivity index (χ2v) is 5.89. The molecule has 1 aromatic carbocycles. The second-order valence-electron chi connectivity index (χ2n) is 5.49. The van der Waals surface area contributed by atoms with Gasteiger partial charge in [0.05, 0.1) is 24.2 Å². The second kappa shape index (κ2) is 7.07. The summed E-state index contributed by atoms with van der Waals surface area (Å²) in [5, 5.41) is 9.39. The first-order valence-corrected chi connectivity index (χ1v) is 7.90. The molecule has 1 aliphatic rings. The number of hydrogen-bond donors (Lipinski definition) is 1. The van der Waals surface area contributed by atoms with Crippen molar-refractivity contribution in [1.29, 1.82) is 0 Å². The van der Waals surface area contributed by atoms with Gasteiger partial charge in [0.25, 0.3) is 5.91 Å². The van der Waals surface area contributed by atoms with E-state index < -0.39 is 12.1 Å². The van der Waals surface area contributed by atoms with Gasteiger partial charge in [0, 0.05) is 18.7 Å². The Morgan fingerprint density at radius 1 is 1.25 bits per heavy atom. The summed E-state index contributed by atoms with van der Waals surface area (Å²) in [6.07, 6.45) is -0.634. The van der Waals surface area contributed by atoms with Crippen LogP contribution < -0.4 is 0 Å². The topological polar surface area (TPSA) is 80.0 Å². The van der Waals surface area contributed by atoms with Crippen LogP contribution in [0.3, 0.4) is 0 Å². The Morgan fingerprint density at radius 2 is 2.04 bits per heavy atom. The van der Waals surface area contributed by atoms with Crippen LogP contribution in [0, 0.1) is 0 Å². The third kappa shape index (κ3) is 3.60. The fraction of sp³-hybridized carbons (Fsp3) is 0.294. The number of hydrogen-bond acceptors (Lipinski definition) is 4. The molecule has 1 aromatic heterocycles. The molecule has 1 aliphatic heterocycles. The number of furan rings is 1. The standard InChI is InChI=1S/C17H16ClNO5/c18-13-4-2-1-3-12(13)14-5-6-15(24-14)17(22)19-7-8-23-11(10-19)9-16(20)21/h1-6,11H,7-10H2,(H,20,21). The molecule has 126 valence electrons. The first-order chi connectivity index (χ1) is 11.5. The summed E-state index contributed by atoms with van der Waals surface area (Å²) >= 11 is 6.14. The molecule has 2 heterocycles. The molecule has 0 spiro atoms. The van der Waals surface area contributed by atoms with Crippen molar-refractivity contribution in [3.05, 3.63) is 47.2 Å². The molecule has 0 saturated carbocycles. The summed E-state index contributed by atoms with van der Waals surface area (Å²) in [7, 11) is 0. The van der Waals surface area contributed by atoms with E-state index in [1.165, 1.54) is 0 Å². The van der Waals surface area contributed by atoms with Crippen molar-refractivity contribution >= 4 is 23.5 Å². The Hall–Kier alpha value is -2.31. The molecule has 6 nitrogen and oxygen atoms in total. The summed E-state index contributed by atoms with van der Waals surface area (Å²) in [6.45, 7) is 0.937. The lowest BCUT2D eigenvalue weighted by Gasteiger charge is -2.31. The number of morpholine rings is 1. The van der Waals surface area contributed by atoms with Crippen LogP contribution in [0.5, 0.6) is 0 Å². The fourth-order valence-electron chi connectivity index (χ4n) is 2.64. The zero-order chi connectivity index (χ0) is 17.1. The van der Waals surface area contributed by atoms with E-state index >= 15 is 0 Å². The number of ether oxygens (including phenoxy) is 1. The summed E-state index contributed by atoms with van der Waals surface area (Å²) in [5.41, 5.74) is 0.712. The van der Waals surface area contributed by atoms with E-state index in [0.717, 1.165) is 0 Å². The maximum Gasteiger partial charge on any atom is 0.306 e. The van der Waals surface area contributed by atoms with Gasteiger partial charge in [-0.2, -0.15) is 0 Å². The predicted molar refractivity (Wildman–Crippen MR) is 87.1 cm³/mol. The number of carbonyl (C=O) groups is 2. The summed E-state index contributed by atoms with van der Waals surface area (Å²) in [5.74, 6) is -0.527. The largest absolute Gasteiger partial charge is 0.481 e. The van der Waals surface area contributed by atoms with Crippen molar-refractivity contribution in [1.82, 2.24) is 4.90 Å². The van der Waals surface area contributed by atoms with Gasteiger partial charge in [0.1, 0.15) is 5.76 Å². The number of rotatable bonds is 4. The quantitative estimate of drug-likeness (QED) is 0.918. The number of halogens is 1. The lowest BCUT2D eigenvalue weighted by Crippen LogP contribution is -2.46. The van der Waals surface area contributed by atoms with Gasteiger partial charge >= 0.3 is 5.97 Å². The van der Waals surface area contributed by atoms with Gasteiger partial charge in [-0.1, -0.05) is 23.7 Å². The number of carbonyl (C=O) groups excluding carboxylic acids is 1. The fourth-order valence-corrected chi connectivity index (χ4v) is 2.87. The SMILES string of the molecule is O=C(O)CC1CN(C(=O)c2ccc(-c3ccccc3Cl)o2)CCO1. The smallest absolute Gasteiger partial charge is 0.306 e. The van der Waals surface area contributed by atoms with Gasteiger partial charge < -0.3 is 19.2 Å². The van der Waals surface area contributed by atoms with Crippen molar-refractivity contribution in [2.75, 3.05) is 19.7 Å². The number of nitrogens with zero attached hydrogens (tertiary/aromatic N) is 1. The van der Waals surface area contributed by atoms with E-state index in [1.54, 1.807) is 23.1 Å². The van der Waals surface area contributed by atoms with Crippen LogP contribution in [-0.2, 0) is 9.53 Å². The van der Waals surface area contributed by atoms with Crippen LogP contribution in [0.4, 0.5) is 0 Å². The highest BCUT2D eigenvalue weighted by molar-refractivity contribution is 6.33. The van der Waals surface area contributed by atoms with E-state index in [4.69, 9.17) is 25.9 Å². The number of carboxylic acids is 1. The Balaban J connectivity index is 1.74. The van der Waals surface area contributed by atoms with E-state index in [2.05, 4.69) is 0 Å². The van der Waals surface area contributed by atoms with E-state index in [-0.39, 0.29) is 24.6 Å². The van der Waals surface area contributed by atoms with Crippen molar-refractivity contribution in [2.45, 2.75) is 12.5 Å². The first kappa shape index (κ1) is 16.5. The molecule has 2 aromatic rings. The molecule has 0 radical (unpaired) electrons. The van der Waals surface area contributed by atoms with Crippen molar-refractivity contribution in [3.63, 3.8) is 0 Å². The number of aliphatic carboxylic acids is 1. The number of amides is 1. The maximum atomic E-state index is 12.6. The Bertz CT molecular complexity index is 757. The average Bonchev–Trinajstić information content (AvgIpc) is 3.04. The molecule has 7 heteroatoms. The lowest BCUT2D eigenvalue weighted by atomic mass is 10.2. The molecule has 1 atom stereocenters. The molecule has 1 fully saturated rings. The molecule has 3 rings (SSSR count). The predicted octanol–water partition coefficient (Wildman–Crippen LogP) is 2.92. The highest BCUT2D eigenvalue weighted by atomic mass is 35.5. The molecule has 1 N–H and O–H groups in total. The van der Waals surface area contributed by atoms with Crippen molar-refractivity contribution in [3.8, 4) is 11.3 Å². The first-order valence-electron chi connectivity index (χ1n) is 7.52. The summed E-state index contributed by atoms with van der Waals surface area (Å²) in [6, 6.07) is 10.5. The van der Waals surface area contributed by atoms with Crippen molar-refractivity contribution in [2.24, 2.45) is 0 Å². The van der Waals surface area contributed by atoms with E-state index in [0.29, 0.717) is 29.5 Å². The van der Waals surface area contributed by atoms with Crippen LogP contribution in [0.15, 0.2) is 40.8 Å².